The summed E-state index contributed by atoms with van der Waals surface area (Å²) in [4.78, 5) is 10.3. The molecule has 0 aliphatic rings. The van der Waals surface area contributed by atoms with E-state index >= 15 is 0 Å². The van der Waals surface area contributed by atoms with E-state index in [4.69, 9.17) is 11.6 Å². The van der Waals surface area contributed by atoms with E-state index in [1.807, 2.05) is 32.1 Å². The number of carbonyl (C=O) groups is 1. The molecule has 60 valence electrons. The Bertz CT molecular complexity index is 212. The molecule has 0 bridgehead atoms. The van der Waals surface area contributed by atoms with Crippen molar-refractivity contribution in [2.75, 3.05) is 0 Å². The van der Waals surface area contributed by atoms with Crippen LogP contribution in [-0.4, -0.2) is 5.24 Å². The van der Waals surface area contributed by atoms with E-state index in [1.54, 1.807) is 6.08 Å². The van der Waals surface area contributed by atoms with Gasteiger partial charge in [0.15, 0.2) is 0 Å². The molecule has 0 aliphatic carbocycles. The Morgan fingerprint density at radius 2 is 2.00 bits per heavy atom. The van der Waals surface area contributed by atoms with Crippen molar-refractivity contribution in [3.05, 3.63) is 36.0 Å². The Hall–Kier alpha value is -0.820. The van der Waals surface area contributed by atoms with Gasteiger partial charge in [-0.2, -0.15) is 0 Å². The van der Waals surface area contributed by atoms with Crippen LogP contribution in [-0.2, 0) is 4.79 Å². The lowest BCUT2D eigenvalue weighted by Gasteiger charge is -1.85. The second kappa shape index (κ2) is 5.93. The average molecular weight is 171 g/mol. The minimum absolute atomic E-state index is 0.446. The van der Waals surface area contributed by atoms with Crippen molar-refractivity contribution in [1.29, 1.82) is 0 Å². The lowest BCUT2D eigenvalue weighted by molar-refractivity contribution is -0.107. The summed E-state index contributed by atoms with van der Waals surface area (Å²) in [6.45, 7) is 3.83. The zero-order chi connectivity index (χ0) is 8.69. The first-order valence-electron chi connectivity index (χ1n) is 3.34. The van der Waals surface area contributed by atoms with Crippen molar-refractivity contribution < 1.29 is 4.79 Å². The molecule has 0 heterocycles. The lowest BCUT2D eigenvalue weighted by Crippen LogP contribution is -1.75. The number of halogens is 1. The summed E-state index contributed by atoms with van der Waals surface area (Å²) in [6, 6.07) is 0. The third-order valence-corrected chi connectivity index (χ3v) is 1.15. The molecule has 0 radical (unpaired) electrons. The van der Waals surface area contributed by atoms with Crippen molar-refractivity contribution in [2.24, 2.45) is 0 Å². The zero-order valence-corrected chi connectivity index (χ0v) is 7.43. The second-order valence-corrected chi connectivity index (χ2v) is 2.45. The molecule has 0 fully saturated rings. The molecule has 0 spiro atoms. The molecule has 1 nitrogen and oxygen atoms in total. The molecule has 0 rings (SSSR count). The maximum absolute atomic E-state index is 10.3. The highest BCUT2D eigenvalue weighted by molar-refractivity contribution is 6.66. The number of hydrogen-bond acceptors (Lipinski definition) is 1. The fourth-order valence-electron chi connectivity index (χ4n) is 0.501. The van der Waals surface area contributed by atoms with Gasteiger partial charge in [0.2, 0.25) is 5.24 Å². The van der Waals surface area contributed by atoms with Crippen LogP contribution in [0.4, 0.5) is 0 Å². The second-order valence-electron chi connectivity index (χ2n) is 2.07. The quantitative estimate of drug-likeness (QED) is 0.362. The van der Waals surface area contributed by atoms with Gasteiger partial charge in [0.25, 0.3) is 0 Å². The summed E-state index contributed by atoms with van der Waals surface area (Å²) in [6.07, 6.45) is 8.72. The van der Waals surface area contributed by atoms with E-state index < -0.39 is 5.24 Å². The van der Waals surface area contributed by atoms with E-state index in [-0.39, 0.29) is 0 Å². The van der Waals surface area contributed by atoms with Crippen LogP contribution in [0.25, 0.3) is 0 Å². The molecule has 0 atom stereocenters. The molecule has 0 N–H and O–H groups in total. The highest BCUT2D eigenvalue weighted by Gasteiger charge is 1.84. The van der Waals surface area contributed by atoms with Crippen LogP contribution >= 0.6 is 11.6 Å². The van der Waals surface area contributed by atoms with Gasteiger partial charge in [-0.3, -0.25) is 4.79 Å². The summed E-state index contributed by atoms with van der Waals surface area (Å²) in [5.41, 5.74) is 0.997. The molecule has 2 heteroatoms. The minimum atomic E-state index is -0.446. The summed E-state index contributed by atoms with van der Waals surface area (Å²) < 4.78 is 0. The van der Waals surface area contributed by atoms with Gasteiger partial charge in [-0.25, -0.2) is 0 Å². The Kier molecular flexibility index (Phi) is 5.49. The molecule has 0 aromatic rings. The Labute approximate surface area is 72.1 Å². The van der Waals surface area contributed by atoms with Gasteiger partial charge in [-0.15, -0.1) is 0 Å². The highest BCUT2D eigenvalue weighted by Crippen LogP contribution is 1.96. The first-order valence-corrected chi connectivity index (χ1v) is 3.71. The van der Waals surface area contributed by atoms with Crippen molar-refractivity contribution in [2.45, 2.75) is 13.8 Å². The Morgan fingerprint density at radius 1 is 1.36 bits per heavy atom. The van der Waals surface area contributed by atoms with Gasteiger partial charge >= 0.3 is 0 Å². The molecule has 0 saturated heterocycles. The van der Waals surface area contributed by atoms with Crippen molar-refractivity contribution >= 4 is 16.8 Å². The molecule has 0 aliphatic heterocycles. The van der Waals surface area contributed by atoms with Crippen LogP contribution in [0, 0.1) is 0 Å². The monoisotopic (exact) mass is 170 g/mol. The van der Waals surface area contributed by atoms with Crippen molar-refractivity contribution in [1.82, 2.24) is 0 Å². The Balaban J connectivity index is 4.05. The first kappa shape index (κ1) is 10.2. The van der Waals surface area contributed by atoms with Crippen LogP contribution in [0.3, 0.4) is 0 Å². The lowest BCUT2D eigenvalue weighted by atomic mass is 10.2. The highest BCUT2D eigenvalue weighted by atomic mass is 35.5. The molecule has 0 unspecified atom stereocenters. The maximum Gasteiger partial charge on any atom is 0.245 e. The zero-order valence-electron chi connectivity index (χ0n) is 6.67. The smallest absolute Gasteiger partial charge is 0.245 e. The molecule has 0 aromatic heterocycles. The van der Waals surface area contributed by atoms with Crippen molar-refractivity contribution in [3.8, 4) is 0 Å². The predicted octanol–water partition coefficient (Wildman–Crippen LogP) is 2.83. The maximum atomic E-state index is 10.3. The van der Waals surface area contributed by atoms with Crippen LogP contribution in [0.2, 0.25) is 0 Å². The molecular weight excluding hydrogens is 160 g/mol. The molecule has 11 heavy (non-hydrogen) atoms. The molecule has 0 amide bonds. The van der Waals surface area contributed by atoms with E-state index in [1.165, 1.54) is 6.08 Å². The van der Waals surface area contributed by atoms with Crippen molar-refractivity contribution in [3.63, 3.8) is 0 Å². The third-order valence-electron chi connectivity index (χ3n) is 1.03. The number of carbonyl (C=O) groups excluding carboxylic acids is 1. The van der Waals surface area contributed by atoms with E-state index in [0.717, 1.165) is 5.57 Å². The van der Waals surface area contributed by atoms with Gasteiger partial charge in [0, 0.05) is 0 Å². The van der Waals surface area contributed by atoms with Crippen LogP contribution in [0.15, 0.2) is 36.0 Å². The van der Waals surface area contributed by atoms with Crippen LogP contribution < -0.4 is 0 Å². The summed E-state index contributed by atoms with van der Waals surface area (Å²) in [7, 11) is 0. The summed E-state index contributed by atoms with van der Waals surface area (Å²) in [5.74, 6) is 0. The predicted molar refractivity (Wildman–Crippen MR) is 48.6 cm³/mol. The third kappa shape index (κ3) is 7.07. The minimum Gasteiger partial charge on any atom is -0.276 e. The topological polar surface area (TPSA) is 17.1 Å². The summed E-state index contributed by atoms with van der Waals surface area (Å²) >= 11 is 5.08. The van der Waals surface area contributed by atoms with Gasteiger partial charge in [-0.1, -0.05) is 29.9 Å². The number of hydrogen-bond donors (Lipinski definition) is 0. The fourth-order valence-corrected chi connectivity index (χ4v) is 0.564. The largest absolute Gasteiger partial charge is 0.276 e. The molecule has 0 aromatic carbocycles. The van der Waals surface area contributed by atoms with Crippen LogP contribution in [0.5, 0.6) is 0 Å². The molecule has 0 saturated carbocycles. The fraction of sp³-hybridized carbons (Fsp3) is 0.222. The van der Waals surface area contributed by atoms with E-state index in [9.17, 15) is 4.79 Å². The van der Waals surface area contributed by atoms with Gasteiger partial charge in [0.05, 0.1) is 0 Å². The average Bonchev–Trinajstić information content (AvgIpc) is 1.97. The number of rotatable bonds is 3. The van der Waals surface area contributed by atoms with Gasteiger partial charge < -0.3 is 0 Å². The standard InChI is InChI=1S/C9H11ClO/c1-3-4-5-8(2)6-7-9(10)11/h3-7H,1-2H3. The summed E-state index contributed by atoms with van der Waals surface area (Å²) in [5, 5.41) is -0.446. The van der Waals surface area contributed by atoms with E-state index in [2.05, 4.69) is 0 Å². The van der Waals surface area contributed by atoms with Gasteiger partial charge in [0.1, 0.15) is 0 Å². The first-order chi connectivity index (χ1) is 5.16. The normalized spacial score (nSPS) is 13.2. The van der Waals surface area contributed by atoms with Gasteiger partial charge in [-0.05, 0) is 31.5 Å². The molecular formula is C9H11ClO. The van der Waals surface area contributed by atoms with E-state index in [0.29, 0.717) is 0 Å². The van der Waals surface area contributed by atoms with Crippen LogP contribution in [0.1, 0.15) is 13.8 Å². The SMILES string of the molecule is CC=CC=C(C)C=CC(=O)Cl. The number of allylic oxidation sites excluding steroid dienone is 6. The Morgan fingerprint density at radius 3 is 2.45 bits per heavy atom.